The molecule has 8 aromatic carbocycles. The zero-order valence-electron chi connectivity index (χ0n) is 30.7. The van der Waals surface area contributed by atoms with E-state index in [1.807, 2.05) is 47.7 Å². The van der Waals surface area contributed by atoms with Crippen molar-refractivity contribution in [2.75, 3.05) is 0 Å². The number of benzene rings is 8. The lowest BCUT2D eigenvalue weighted by molar-refractivity contribution is 1.07. The van der Waals surface area contributed by atoms with Crippen LogP contribution in [0.4, 0.5) is 0 Å². The molecular formula is C52H32N4S. The summed E-state index contributed by atoms with van der Waals surface area (Å²) >= 11 is 1.84. The molecule has 3 aromatic heterocycles. The minimum Gasteiger partial charge on any atom is -0.247 e. The van der Waals surface area contributed by atoms with Crippen molar-refractivity contribution in [1.29, 1.82) is 0 Å². The molecule has 0 radical (unpaired) electrons. The normalized spacial score (nSPS) is 11.5. The Labute approximate surface area is 333 Å². The fraction of sp³-hybridized carbons (Fsp3) is 0. The molecule has 0 aliphatic rings. The van der Waals surface area contributed by atoms with Crippen LogP contribution in [0.2, 0.25) is 0 Å². The van der Waals surface area contributed by atoms with Gasteiger partial charge in [0.2, 0.25) is 0 Å². The van der Waals surface area contributed by atoms with Gasteiger partial charge in [-0.05, 0) is 51.2 Å². The van der Waals surface area contributed by atoms with Gasteiger partial charge < -0.3 is 0 Å². The minimum absolute atomic E-state index is 0.621. The first-order chi connectivity index (χ1) is 28.2. The van der Waals surface area contributed by atoms with E-state index in [0.29, 0.717) is 17.5 Å². The van der Waals surface area contributed by atoms with Gasteiger partial charge in [0, 0.05) is 47.8 Å². The van der Waals surface area contributed by atoms with Gasteiger partial charge in [-0.25, -0.2) is 19.9 Å². The summed E-state index contributed by atoms with van der Waals surface area (Å²) in [5, 5.41) is 6.05. The van der Waals surface area contributed by atoms with Gasteiger partial charge in [-0.2, -0.15) is 0 Å². The van der Waals surface area contributed by atoms with Crippen molar-refractivity contribution < 1.29 is 0 Å². The molecule has 0 amide bonds. The largest absolute Gasteiger partial charge is 0.247 e. The number of hydrogen-bond acceptors (Lipinski definition) is 5. The molecule has 0 N–H and O–H groups in total. The molecule has 0 saturated carbocycles. The fourth-order valence-electron chi connectivity index (χ4n) is 7.89. The lowest BCUT2D eigenvalue weighted by Crippen LogP contribution is -2.00. The molecule has 266 valence electrons. The highest BCUT2D eigenvalue weighted by Gasteiger charge is 2.18. The molecule has 11 rings (SSSR count). The Morgan fingerprint density at radius 1 is 0.333 bits per heavy atom. The molecule has 4 nitrogen and oxygen atoms in total. The van der Waals surface area contributed by atoms with E-state index in [9.17, 15) is 0 Å². The summed E-state index contributed by atoms with van der Waals surface area (Å²) in [6.07, 6.45) is 0. The van der Waals surface area contributed by atoms with E-state index < -0.39 is 0 Å². The van der Waals surface area contributed by atoms with Crippen molar-refractivity contribution in [3.05, 3.63) is 194 Å². The zero-order chi connectivity index (χ0) is 37.7. The van der Waals surface area contributed by atoms with Crippen LogP contribution in [0, 0.1) is 0 Å². The number of rotatable bonds is 6. The minimum atomic E-state index is 0.621. The molecule has 0 aliphatic heterocycles. The van der Waals surface area contributed by atoms with Crippen LogP contribution in [0.1, 0.15) is 0 Å². The second-order valence-electron chi connectivity index (χ2n) is 14.2. The van der Waals surface area contributed by atoms with Crippen LogP contribution in [-0.4, -0.2) is 19.9 Å². The summed E-state index contributed by atoms with van der Waals surface area (Å²) in [5.41, 5.74) is 10.5. The van der Waals surface area contributed by atoms with Crippen molar-refractivity contribution in [2.24, 2.45) is 0 Å². The summed E-state index contributed by atoms with van der Waals surface area (Å²) in [7, 11) is 0. The first-order valence-electron chi connectivity index (χ1n) is 19.0. The molecule has 0 saturated heterocycles. The molecule has 5 heteroatoms. The maximum atomic E-state index is 5.40. The Hall–Kier alpha value is -7.34. The fourth-order valence-corrected chi connectivity index (χ4v) is 9.11. The van der Waals surface area contributed by atoms with E-state index in [0.717, 1.165) is 39.0 Å². The maximum absolute atomic E-state index is 5.40. The van der Waals surface area contributed by atoms with E-state index in [-0.39, 0.29) is 0 Å². The molecule has 0 fully saturated rings. The maximum Gasteiger partial charge on any atom is 0.164 e. The molecule has 0 spiro atoms. The van der Waals surface area contributed by atoms with Gasteiger partial charge in [0.15, 0.2) is 17.5 Å². The molecule has 0 atom stereocenters. The monoisotopic (exact) mass is 744 g/mol. The standard InChI is InChI=1S/C52H32N4S/c1-3-12-33(13-4-1)34-22-26-38(27-23-34)51-54-50(37-15-5-2-6-16-37)55-52(56-51)39-28-24-36(25-29-39)48-47-43-19-9-10-21-46(43)57-49(47)44-32-40(30-31-45(44)53-48)42-20-11-17-35-14-7-8-18-41(35)42/h1-32H. The van der Waals surface area contributed by atoms with Crippen LogP contribution in [0.15, 0.2) is 194 Å². The van der Waals surface area contributed by atoms with Crippen LogP contribution >= 0.6 is 11.3 Å². The predicted octanol–water partition coefficient (Wildman–Crippen LogP) is 13.9. The summed E-state index contributed by atoms with van der Waals surface area (Å²) in [6, 6.07) is 68.0. The Bertz CT molecular complexity index is 3260. The lowest BCUT2D eigenvalue weighted by Gasteiger charge is -2.12. The summed E-state index contributed by atoms with van der Waals surface area (Å²) in [4.78, 5) is 20.4. The Morgan fingerprint density at radius 3 is 1.54 bits per heavy atom. The van der Waals surface area contributed by atoms with Gasteiger partial charge in [0.25, 0.3) is 0 Å². The van der Waals surface area contributed by atoms with Crippen LogP contribution < -0.4 is 0 Å². The number of hydrogen-bond donors (Lipinski definition) is 0. The van der Waals surface area contributed by atoms with Crippen molar-refractivity contribution in [2.45, 2.75) is 0 Å². The Morgan fingerprint density at radius 2 is 0.842 bits per heavy atom. The first-order valence-corrected chi connectivity index (χ1v) is 19.9. The lowest BCUT2D eigenvalue weighted by atomic mass is 9.96. The number of thiophene rings is 1. The first kappa shape index (κ1) is 33.0. The van der Waals surface area contributed by atoms with Crippen molar-refractivity contribution in [3.63, 3.8) is 0 Å². The average Bonchev–Trinajstić information content (AvgIpc) is 3.69. The van der Waals surface area contributed by atoms with E-state index in [4.69, 9.17) is 19.9 Å². The van der Waals surface area contributed by atoms with E-state index in [1.165, 1.54) is 53.0 Å². The topological polar surface area (TPSA) is 51.6 Å². The van der Waals surface area contributed by atoms with Gasteiger partial charge in [-0.3, -0.25) is 0 Å². The SMILES string of the molecule is c1ccc(-c2ccc(-c3nc(-c4ccccc4)nc(-c4ccc(-c5nc6ccc(-c7cccc8ccccc78)cc6c6sc7ccccc7c56)cc4)n3)cc2)cc1. The molecular weight excluding hydrogens is 713 g/mol. The third-order valence-electron chi connectivity index (χ3n) is 10.7. The summed E-state index contributed by atoms with van der Waals surface area (Å²) in [5.74, 6) is 1.89. The van der Waals surface area contributed by atoms with Gasteiger partial charge in [-0.1, -0.05) is 176 Å². The number of pyridine rings is 1. The Balaban J connectivity index is 1.02. The third kappa shape index (κ3) is 5.93. The van der Waals surface area contributed by atoms with Gasteiger partial charge >= 0.3 is 0 Å². The van der Waals surface area contributed by atoms with Crippen LogP contribution in [-0.2, 0) is 0 Å². The van der Waals surface area contributed by atoms with Crippen LogP contribution in [0.3, 0.4) is 0 Å². The van der Waals surface area contributed by atoms with Crippen molar-refractivity contribution >= 4 is 53.2 Å². The highest BCUT2D eigenvalue weighted by atomic mass is 32.1. The molecule has 0 aliphatic carbocycles. The van der Waals surface area contributed by atoms with E-state index in [2.05, 4.69) is 158 Å². The smallest absolute Gasteiger partial charge is 0.164 e. The highest BCUT2D eigenvalue weighted by Crippen LogP contribution is 2.44. The van der Waals surface area contributed by atoms with Crippen molar-refractivity contribution in [1.82, 2.24) is 19.9 Å². The predicted molar refractivity (Wildman–Crippen MR) is 238 cm³/mol. The molecule has 0 bridgehead atoms. The molecule has 0 unspecified atom stereocenters. The number of nitrogens with zero attached hydrogens (tertiary/aromatic N) is 4. The zero-order valence-corrected chi connectivity index (χ0v) is 31.5. The van der Waals surface area contributed by atoms with Crippen LogP contribution in [0.5, 0.6) is 0 Å². The molecule has 57 heavy (non-hydrogen) atoms. The van der Waals surface area contributed by atoms with Gasteiger partial charge in [0.1, 0.15) is 0 Å². The number of fused-ring (bicyclic) bond motifs is 6. The molecule has 11 aromatic rings. The average molecular weight is 745 g/mol. The van der Waals surface area contributed by atoms with E-state index in [1.54, 1.807) is 0 Å². The van der Waals surface area contributed by atoms with Gasteiger partial charge in [-0.15, -0.1) is 11.3 Å². The highest BCUT2D eigenvalue weighted by molar-refractivity contribution is 7.26. The van der Waals surface area contributed by atoms with Gasteiger partial charge in [0.05, 0.1) is 11.2 Å². The van der Waals surface area contributed by atoms with E-state index >= 15 is 0 Å². The van der Waals surface area contributed by atoms with Crippen LogP contribution in [0.25, 0.3) is 110 Å². The second kappa shape index (κ2) is 13.7. The third-order valence-corrected chi connectivity index (χ3v) is 11.9. The second-order valence-corrected chi connectivity index (χ2v) is 15.3. The van der Waals surface area contributed by atoms with Crippen molar-refractivity contribution in [3.8, 4) is 67.7 Å². The molecule has 3 heterocycles. The quantitative estimate of drug-likeness (QED) is 0.170. The number of aromatic nitrogens is 4. The summed E-state index contributed by atoms with van der Waals surface area (Å²) in [6.45, 7) is 0. The Kier molecular flexibility index (Phi) is 7.97. The summed E-state index contributed by atoms with van der Waals surface area (Å²) < 4.78 is 2.49.